The maximum absolute atomic E-state index is 11.1. The molecule has 8 nitrogen and oxygen atoms in total. The van der Waals surface area contributed by atoms with Gasteiger partial charge in [0.1, 0.15) is 41.9 Å². The fourth-order valence-corrected chi connectivity index (χ4v) is 3.70. The van der Waals surface area contributed by atoms with Gasteiger partial charge in [-0.2, -0.15) is 0 Å². The van der Waals surface area contributed by atoms with Crippen LogP contribution in [0.15, 0.2) is 54.3 Å². The second kappa shape index (κ2) is 10.1. The van der Waals surface area contributed by atoms with Crippen molar-refractivity contribution in [3.05, 3.63) is 64.9 Å². The Kier molecular flexibility index (Phi) is 6.76. The van der Waals surface area contributed by atoms with Gasteiger partial charge in [-0.3, -0.25) is 4.79 Å². The molecular weight excluding hydrogens is 426 g/mol. The van der Waals surface area contributed by atoms with E-state index < -0.39 is 0 Å². The fourth-order valence-electron chi connectivity index (χ4n) is 3.17. The number of hydrogen-bond acceptors (Lipinski definition) is 8. The van der Waals surface area contributed by atoms with E-state index in [0.717, 1.165) is 32.9 Å². The Hall–Kier alpha value is -3.72. The number of carbonyl (C=O) groups excluding carboxylic acids is 1. The zero-order chi connectivity index (χ0) is 22.3. The minimum absolute atomic E-state index is 0.0911. The first-order valence-corrected chi connectivity index (χ1v) is 11.0. The van der Waals surface area contributed by atoms with Gasteiger partial charge in [0.05, 0.1) is 17.4 Å². The van der Waals surface area contributed by atoms with E-state index in [4.69, 9.17) is 9.47 Å². The molecule has 0 saturated heterocycles. The van der Waals surface area contributed by atoms with E-state index >= 15 is 0 Å². The first-order valence-electron chi connectivity index (χ1n) is 10.1. The average Bonchev–Trinajstić information content (AvgIpc) is 3.30. The van der Waals surface area contributed by atoms with Crippen LogP contribution in [0.1, 0.15) is 17.5 Å². The Morgan fingerprint density at radius 1 is 1.09 bits per heavy atom. The van der Waals surface area contributed by atoms with E-state index in [-0.39, 0.29) is 5.91 Å². The zero-order valence-electron chi connectivity index (χ0n) is 17.8. The summed E-state index contributed by atoms with van der Waals surface area (Å²) in [5.41, 5.74) is 2.63. The SMILES string of the molecule is CC(=O)NCCOc1cccc2ncnc(Nc3ccc(OCc4nccs4)c(C)c3)c12. The Morgan fingerprint density at radius 3 is 2.78 bits per heavy atom. The summed E-state index contributed by atoms with van der Waals surface area (Å²) < 4.78 is 11.8. The Bertz CT molecular complexity index is 1210. The number of amides is 1. The first-order chi connectivity index (χ1) is 15.6. The lowest BCUT2D eigenvalue weighted by molar-refractivity contribution is -0.119. The van der Waals surface area contributed by atoms with E-state index in [1.54, 1.807) is 17.5 Å². The number of thiazole rings is 1. The van der Waals surface area contributed by atoms with Gasteiger partial charge >= 0.3 is 0 Å². The first kappa shape index (κ1) is 21.5. The molecule has 0 bridgehead atoms. The molecule has 0 atom stereocenters. The molecule has 0 aliphatic rings. The summed E-state index contributed by atoms with van der Waals surface area (Å²) in [6, 6.07) is 11.5. The third-order valence-electron chi connectivity index (χ3n) is 4.63. The molecule has 2 N–H and O–H groups in total. The smallest absolute Gasteiger partial charge is 0.216 e. The van der Waals surface area contributed by atoms with Crippen molar-refractivity contribution in [3.63, 3.8) is 0 Å². The summed E-state index contributed by atoms with van der Waals surface area (Å²) in [5.74, 6) is 2.00. The van der Waals surface area contributed by atoms with Crippen molar-refractivity contribution in [2.75, 3.05) is 18.5 Å². The van der Waals surface area contributed by atoms with Gasteiger partial charge in [-0.05, 0) is 42.8 Å². The van der Waals surface area contributed by atoms with Crippen LogP contribution in [-0.2, 0) is 11.4 Å². The highest BCUT2D eigenvalue weighted by Gasteiger charge is 2.11. The molecule has 0 unspecified atom stereocenters. The normalized spacial score (nSPS) is 10.7. The van der Waals surface area contributed by atoms with Crippen LogP contribution in [0.4, 0.5) is 11.5 Å². The molecule has 0 aliphatic heterocycles. The molecule has 0 spiro atoms. The third-order valence-corrected chi connectivity index (χ3v) is 5.38. The largest absolute Gasteiger partial charge is 0.491 e. The number of carbonyl (C=O) groups is 1. The molecule has 164 valence electrons. The van der Waals surface area contributed by atoms with Crippen LogP contribution in [0.25, 0.3) is 10.9 Å². The van der Waals surface area contributed by atoms with Gasteiger partial charge < -0.3 is 20.1 Å². The van der Waals surface area contributed by atoms with Crippen molar-refractivity contribution in [3.8, 4) is 11.5 Å². The molecule has 2 heterocycles. The highest BCUT2D eigenvalue weighted by atomic mass is 32.1. The van der Waals surface area contributed by atoms with Crippen LogP contribution >= 0.6 is 11.3 Å². The molecule has 2 aromatic carbocycles. The van der Waals surface area contributed by atoms with Gasteiger partial charge in [-0.25, -0.2) is 15.0 Å². The monoisotopic (exact) mass is 449 g/mol. The molecule has 4 aromatic rings. The second-order valence-electron chi connectivity index (χ2n) is 7.02. The molecule has 4 rings (SSSR count). The van der Waals surface area contributed by atoms with E-state index in [0.29, 0.717) is 31.3 Å². The number of nitrogens with zero attached hydrogens (tertiary/aromatic N) is 3. The summed E-state index contributed by atoms with van der Waals surface area (Å²) >= 11 is 1.57. The maximum Gasteiger partial charge on any atom is 0.216 e. The number of hydrogen-bond donors (Lipinski definition) is 2. The quantitative estimate of drug-likeness (QED) is 0.369. The van der Waals surface area contributed by atoms with E-state index in [1.807, 2.05) is 48.7 Å². The maximum atomic E-state index is 11.1. The number of aryl methyl sites for hydroxylation is 1. The lowest BCUT2D eigenvalue weighted by Gasteiger charge is -2.14. The van der Waals surface area contributed by atoms with Crippen molar-refractivity contribution >= 4 is 39.7 Å². The average molecular weight is 450 g/mol. The summed E-state index contributed by atoms with van der Waals surface area (Å²) in [6.45, 7) is 4.68. The molecule has 0 fully saturated rings. The third kappa shape index (κ3) is 5.30. The predicted molar refractivity (Wildman–Crippen MR) is 125 cm³/mol. The summed E-state index contributed by atoms with van der Waals surface area (Å²) in [7, 11) is 0. The molecule has 0 aliphatic carbocycles. The molecule has 2 aromatic heterocycles. The molecule has 1 amide bonds. The van der Waals surface area contributed by atoms with Crippen molar-refractivity contribution in [2.45, 2.75) is 20.5 Å². The number of anilines is 2. The van der Waals surface area contributed by atoms with Crippen molar-refractivity contribution < 1.29 is 14.3 Å². The Labute approximate surface area is 189 Å². The zero-order valence-corrected chi connectivity index (χ0v) is 18.6. The number of aromatic nitrogens is 3. The molecule has 0 saturated carbocycles. The lowest BCUT2D eigenvalue weighted by atomic mass is 10.1. The molecule has 32 heavy (non-hydrogen) atoms. The predicted octanol–water partition coefficient (Wildman–Crippen LogP) is 4.23. The van der Waals surface area contributed by atoms with Gasteiger partial charge in [0.15, 0.2) is 0 Å². The van der Waals surface area contributed by atoms with Gasteiger partial charge in [0.25, 0.3) is 0 Å². The van der Waals surface area contributed by atoms with Crippen LogP contribution in [-0.4, -0.2) is 34.0 Å². The number of ether oxygens (including phenoxy) is 2. The van der Waals surface area contributed by atoms with Crippen LogP contribution in [0.2, 0.25) is 0 Å². The summed E-state index contributed by atoms with van der Waals surface area (Å²) in [4.78, 5) is 24.1. The van der Waals surface area contributed by atoms with Crippen LogP contribution < -0.4 is 20.1 Å². The topological polar surface area (TPSA) is 98.3 Å². The minimum Gasteiger partial charge on any atom is -0.491 e. The number of rotatable bonds is 9. The summed E-state index contributed by atoms with van der Waals surface area (Å²) in [5, 5.41) is 9.74. The van der Waals surface area contributed by atoms with Crippen molar-refractivity contribution in [2.24, 2.45) is 0 Å². The van der Waals surface area contributed by atoms with Gasteiger partial charge in [0.2, 0.25) is 5.91 Å². The second-order valence-corrected chi connectivity index (χ2v) is 8.00. The van der Waals surface area contributed by atoms with E-state index in [1.165, 1.54) is 13.3 Å². The molecular formula is C23H23N5O3S. The number of nitrogens with one attached hydrogen (secondary N) is 2. The molecule has 0 radical (unpaired) electrons. The van der Waals surface area contributed by atoms with E-state index in [9.17, 15) is 4.79 Å². The van der Waals surface area contributed by atoms with Crippen LogP contribution in [0, 0.1) is 6.92 Å². The lowest BCUT2D eigenvalue weighted by Crippen LogP contribution is -2.25. The minimum atomic E-state index is -0.0911. The van der Waals surface area contributed by atoms with Crippen molar-refractivity contribution in [1.29, 1.82) is 0 Å². The summed E-state index contributed by atoms with van der Waals surface area (Å²) in [6.07, 6.45) is 3.29. The van der Waals surface area contributed by atoms with E-state index in [2.05, 4.69) is 25.6 Å². The standard InChI is InChI=1S/C23H23N5O3S/c1-15-12-17(6-7-19(15)31-13-21-25-9-11-32-21)28-23-22-18(26-14-27-23)4-3-5-20(22)30-10-8-24-16(2)29/h3-7,9,11-12,14H,8,10,13H2,1-2H3,(H,24,29)(H,26,27,28). The van der Waals surface area contributed by atoms with Gasteiger partial charge in [-0.15, -0.1) is 11.3 Å². The molecule has 9 heteroatoms. The van der Waals surface area contributed by atoms with Crippen LogP contribution in [0.5, 0.6) is 11.5 Å². The highest BCUT2D eigenvalue weighted by Crippen LogP contribution is 2.32. The Balaban J connectivity index is 1.52. The highest BCUT2D eigenvalue weighted by molar-refractivity contribution is 7.09. The number of fused-ring (bicyclic) bond motifs is 1. The van der Waals surface area contributed by atoms with Gasteiger partial charge in [0, 0.05) is 24.2 Å². The van der Waals surface area contributed by atoms with Crippen LogP contribution in [0.3, 0.4) is 0 Å². The van der Waals surface area contributed by atoms with Gasteiger partial charge in [-0.1, -0.05) is 6.07 Å². The Morgan fingerprint density at radius 2 is 2.00 bits per heavy atom. The van der Waals surface area contributed by atoms with Crippen molar-refractivity contribution in [1.82, 2.24) is 20.3 Å². The fraction of sp³-hybridized carbons (Fsp3) is 0.217. The number of benzene rings is 2.